The fourth-order valence-electron chi connectivity index (χ4n) is 4.52. The normalized spacial score (nSPS) is 18.0. The van der Waals surface area contributed by atoms with Crippen molar-refractivity contribution in [3.05, 3.63) is 83.3 Å². The fourth-order valence-corrected chi connectivity index (χ4v) is 4.52. The average molecular weight is 422 g/mol. The molecule has 1 amide bonds. The minimum atomic E-state index is -1.94. The van der Waals surface area contributed by atoms with Crippen molar-refractivity contribution in [2.75, 3.05) is 0 Å². The van der Waals surface area contributed by atoms with Gasteiger partial charge in [-0.3, -0.25) is 14.5 Å². The second-order valence-corrected chi connectivity index (χ2v) is 8.63. The van der Waals surface area contributed by atoms with E-state index >= 15 is 0 Å². The second-order valence-electron chi connectivity index (χ2n) is 8.63. The number of pyridine rings is 1. The number of amides is 1. The molecule has 2 aromatic carbocycles. The predicted octanol–water partition coefficient (Wildman–Crippen LogP) is 3.69. The van der Waals surface area contributed by atoms with E-state index in [1.807, 2.05) is 42.2 Å². The van der Waals surface area contributed by atoms with Crippen molar-refractivity contribution >= 4 is 24.7 Å². The van der Waals surface area contributed by atoms with E-state index in [9.17, 15) is 9.90 Å². The van der Waals surface area contributed by atoms with E-state index in [0.29, 0.717) is 5.56 Å². The lowest BCUT2D eigenvalue weighted by Crippen LogP contribution is -2.44. The zero-order valence-corrected chi connectivity index (χ0v) is 18.3. The molecule has 1 aliphatic heterocycles. The van der Waals surface area contributed by atoms with Crippen LogP contribution in [0.1, 0.15) is 46.9 Å². The van der Waals surface area contributed by atoms with Crippen LogP contribution < -0.4 is 0 Å². The van der Waals surface area contributed by atoms with Crippen molar-refractivity contribution < 1.29 is 9.90 Å². The molecule has 1 aliphatic rings. The summed E-state index contributed by atoms with van der Waals surface area (Å²) in [6, 6.07) is 15.6. The highest BCUT2D eigenvalue weighted by Crippen LogP contribution is 2.37. The third-order valence-corrected chi connectivity index (χ3v) is 6.12. The Bertz CT molecular complexity index is 1360. The standard InChI is InChI=1S/C25H23BN4O2/c1-15(2)20-12-16(18-6-4-8-22-21(18)14-29(3)28-22)9-10-17(20)13-30-24(31)19-7-5-11-27-23(19)25(30,26)32/h4-12,14-15,32H,13H2,1-3H3. The van der Waals surface area contributed by atoms with E-state index in [1.54, 1.807) is 12.1 Å². The number of carbonyl (C=O) groups excluding carboxylic acids is 1. The molecule has 3 heterocycles. The lowest BCUT2D eigenvalue weighted by Gasteiger charge is -2.32. The largest absolute Gasteiger partial charge is 0.374 e. The van der Waals surface area contributed by atoms with Gasteiger partial charge in [-0.05, 0) is 46.4 Å². The third kappa shape index (κ3) is 3.12. The molecule has 158 valence electrons. The van der Waals surface area contributed by atoms with Gasteiger partial charge in [-0.1, -0.05) is 44.2 Å². The van der Waals surface area contributed by atoms with Crippen molar-refractivity contribution in [1.82, 2.24) is 19.7 Å². The zero-order valence-electron chi connectivity index (χ0n) is 18.3. The number of carbonyl (C=O) groups is 1. The minimum Gasteiger partial charge on any atom is -0.374 e. The first-order valence-electron chi connectivity index (χ1n) is 10.6. The van der Waals surface area contributed by atoms with Gasteiger partial charge in [0.2, 0.25) is 0 Å². The van der Waals surface area contributed by atoms with Gasteiger partial charge < -0.3 is 10.0 Å². The maximum absolute atomic E-state index is 13.0. The number of nitrogens with zero attached hydrogens (tertiary/aromatic N) is 4. The quantitative estimate of drug-likeness (QED) is 0.510. The Morgan fingerprint density at radius 3 is 2.66 bits per heavy atom. The molecule has 2 radical (unpaired) electrons. The molecule has 7 heteroatoms. The monoisotopic (exact) mass is 422 g/mol. The van der Waals surface area contributed by atoms with E-state index in [0.717, 1.165) is 33.2 Å². The van der Waals surface area contributed by atoms with Crippen LogP contribution in [0.5, 0.6) is 0 Å². The van der Waals surface area contributed by atoms with Gasteiger partial charge in [0.25, 0.3) is 5.91 Å². The SMILES string of the molecule is [B]C1(O)c2ncccc2C(=O)N1Cc1ccc(-c2cccc3nn(C)cc23)cc1C(C)C. The zero-order chi connectivity index (χ0) is 22.6. The lowest BCUT2D eigenvalue weighted by atomic mass is 9.86. The number of hydrogen-bond acceptors (Lipinski definition) is 4. The van der Waals surface area contributed by atoms with Crippen molar-refractivity contribution in [3.63, 3.8) is 0 Å². The van der Waals surface area contributed by atoms with Crippen molar-refractivity contribution in [1.29, 1.82) is 0 Å². The van der Waals surface area contributed by atoms with Gasteiger partial charge in [-0.15, -0.1) is 0 Å². The summed E-state index contributed by atoms with van der Waals surface area (Å²) >= 11 is 0. The fraction of sp³-hybridized carbons (Fsp3) is 0.240. The van der Waals surface area contributed by atoms with Crippen molar-refractivity contribution in [2.24, 2.45) is 7.05 Å². The van der Waals surface area contributed by atoms with E-state index in [-0.39, 0.29) is 24.1 Å². The van der Waals surface area contributed by atoms with E-state index in [1.165, 1.54) is 11.1 Å². The van der Waals surface area contributed by atoms with Crippen LogP contribution in [0.25, 0.3) is 22.0 Å². The van der Waals surface area contributed by atoms with Gasteiger partial charge >= 0.3 is 0 Å². The van der Waals surface area contributed by atoms with Crippen LogP contribution in [-0.2, 0) is 19.2 Å². The molecule has 1 unspecified atom stereocenters. The van der Waals surface area contributed by atoms with Gasteiger partial charge in [0.05, 0.1) is 16.8 Å². The molecule has 0 saturated carbocycles. The molecule has 0 fully saturated rings. The van der Waals surface area contributed by atoms with Crippen LogP contribution in [-0.4, -0.2) is 38.5 Å². The Hall–Kier alpha value is -3.45. The average Bonchev–Trinajstić information content (AvgIpc) is 3.24. The summed E-state index contributed by atoms with van der Waals surface area (Å²) in [6.07, 6.45) is 3.55. The highest BCUT2D eigenvalue weighted by Gasteiger charge is 2.45. The third-order valence-electron chi connectivity index (χ3n) is 6.12. The smallest absolute Gasteiger partial charge is 0.258 e. The number of hydrogen-bond donors (Lipinski definition) is 1. The summed E-state index contributed by atoms with van der Waals surface area (Å²) in [6.45, 7) is 4.42. The van der Waals surface area contributed by atoms with Gasteiger partial charge in [0.15, 0.2) is 7.85 Å². The first-order valence-corrected chi connectivity index (χ1v) is 10.6. The Kier molecular flexibility index (Phi) is 4.67. The molecule has 5 rings (SSSR count). The number of rotatable bonds is 4. The minimum absolute atomic E-state index is 0.188. The Morgan fingerprint density at radius 1 is 1.12 bits per heavy atom. The van der Waals surface area contributed by atoms with Crippen molar-refractivity contribution in [3.8, 4) is 11.1 Å². The summed E-state index contributed by atoms with van der Waals surface area (Å²) in [5.74, 6) is -0.112. The van der Waals surface area contributed by atoms with E-state index < -0.39 is 5.62 Å². The molecule has 32 heavy (non-hydrogen) atoms. The summed E-state index contributed by atoms with van der Waals surface area (Å²) in [4.78, 5) is 18.4. The molecule has 0 aliphatic carbocycles. The molecule has 4 aromatic rings. The van der Waals surface area contributed by atoms with Gasteiger partial charge in [-0.25, -0.2) is 0 Å². The molecular formula is C25H23BN4O2. The molecule has 0 bridgehead atoms. The topological polar surface area (TPSA) is 71.2 Å². The molecule has 0 spiro atoms. The highest BCUT2D eigenvalue weighted by molar-refractivity contribution is 6.19. The number of aromatic nitrogens is 3. The molecule has 0 saturated heterocycles. The Balaban J connectivity index is 1.56. The lowest BCUT2D eigenvalue weighted by molar-refractivity contribution is -0.0225. The van der Waals surface area contributed by atoms with Crippen LogP contribution in [0.2, 0.25) is 0 Å². The maximum atomic E-state index is 13.0. The number of benzene rings is 2. The first-order chi connectivity index (χ1) is 15.3. The van der Waals surface area contributed by atoms with E-state index in [2.05, 4.69) is 36.1 Å². The number of aryl methyl sites for hydroxylation is 1. The maximum Gasteiger partial charge on any atom is 0.258 e. The van der Waals surface area contributed by atoms with E-state index in [4.69, 9.17) is 7.85 Å². The predicted molar refractivity (Wildman–Crippen MR) is 124 cm³/mol. The second kappa shape index (κ2) is 7.31. The number of aliphatic hydroxyl groups is 1. The molecule has 2 aromatic heterocycles. The van der Waals surface area contributed by atoms with Gasteiger partial charge in [-0.2, -0.15) is 5.10 Å². The van der Waals surface area contributed by atoms with Crippen LogP contribution in [0.15, 0.2) is 60.9 Å². The summed E-state index contributed by atoms with van der Waals surface area (Å²) < 4.78 is 1.82. The summed E-state index contributed by atoms with van der Waals surface area (Å²) in [7, 11) is 8.09. The Morgan fingerprint density at radius 2 is 1.91 bits per heavy atom. The molecule has 1 N–H and O–H groups in total. The summed E-state index contributed by atoms with van der Waals surface area (Å²) in [5.41, 5.74) is 3.75. The summed E-state index contributed by atoms with van der Waals surface area (Å²) in [5, 5.41) is 16.5. The van der Waals surface area contributed by atoms with Crippen LogP contribution in [0, 0.1) is 0 Å². The number of fused-ring (bicyclic) bond motifs is 2. The van der Waals surface area contributed by atoms with Crippen LogP contribution in [0.4, 0.5) is 0 Å². The molecule has 1 atom stereocenters. The van der Waals surface area contributed by atoms with Gasteiger partial charge in [0.1, 0.15) is 5.62 Å². The molecular weight excluding hydrogens is 399 g/mol. The van der Waals surface area contributed by atoms with Crippen LogP contribution in [0.3, 0.4) is 0 Å². The highest BCUT2D eigenvalue weighted by atomic mass is 16.3. The van der Waals surface area contributed by atoms with Gasteiger partial charge in [0, 0.05) is 31.4 Å². The molecule has 6 nitrogen and oxygen atoms in total. The van der Waals surface area contributed by atoms with Crippen molar-refractivity contribution in [2.45, 2.75) is 31.9 Å². The first kappa shape index (κ1) is 20.5. The van der Waals surface area contributed by atoms with Crippen LogP contribution >= 0.6 is 0 Å². The Labute approximate surface area is 187 Å².